The maximum Gasteiger partial charge on any atom is 0.416 e. The van der Waals surface area contributed by atoms with Gasteiger partial charge in [0.05, 0.1) is 16.1 Å². The number of hydrogen-bond donors (Lipinski definition) is 1. The highest BCUT2D eigenvalue weighted by Crippen LogP contribution is 2.33. The zero-order valence-electron chi connectivity index (χ0n) is 11.6. The quantitative estimate of drug-likeness (QED) is 0.586. The van der Waals surface area contributed by atoms with E-state index >= 15 is 0 Å². The zero-order valence-corrected chi connectivity index (χ0v) is 12.3. The van der Waals surface area contributed by atoms with E-state index in [4.69, 9.17) is 11.6 Å². The summed E-state index contributed by atoms with van der Waals surface area (Å²) < 4.78 is 64.6. The molecule has 8 heteroatoms. The molecule has 2 nitrogen and oxygen atoms in total. The third-order valence-corrected chi connectivity index (χ3v) is 3.37. The second-order valence-corrected chi connectivity index (χ2v) is 5.13. The Balaban J connectivity index is 2.33. The molecule has 0 aliphatic carbocycles. The van der Waals surface area contributed by atoms with Crippen molar-refractivity contribution in [3.8, 4) is 0 Å². The Labute approximate surface area is 132 Å². The van der Waals surface area contributed by atoms with Crippen LogP contribution < -0.4 is 5.32 Å². The summed E-state index contributed by atoms with van der Waals surface area (Å²) in [7, 11) is 0. The van der Waals surface area contributed by atoms with Gasteiger partial charge in [-0.2, -0.15) is 13.2 Å². The van der Waals surface area contributed by atoms with Crippen molar-refractivity contribution in [1.82, 2.24) is 0 Å². The van der Waals surface area contributed by atoms with Crippen LogP contribution in [-0.2, 0) is 6.18 Å². The Morgan fingerprint density at radius 3 is 2.30 bits per heavy atom. The van der Waals surface area contributed by atoms with Gasteiger partial charge in [-0.1, -0.05) is 17.7 Å². The summed E-state index contributed by atoms with van der Waals surface area (Å²) in [5, 5.41) is 1.82. The first kappa shape index (κ1) is 17.2. The van der Waals surface area contributed by atoms with Gasteiger partial charge in [-0.3, -0.25) is 4.79 Å². The van der Waals surface area contributed by atoms with E-state index in [1.807, 2.05) is 0 Å². The van der Waals surface area contributed by atoms with Gasteiger partial charge in [-0.25, -0.2) is 8.78 Å². The van der Waals surface area contributed by atoms with Gasteiger partial charge in [-0.05, 0) is 36.8 Å². The number of alkyl halides is 3. The number of carbonyl (C=O) groups excluding carboxylic acids is 1. The van der Waals surface area contributed by atoms with Crippen LogP contribution in [0.2, 0.25) is 5.02 Å². The van der Waals surface area contributed by atoms with Crippen LogP contribution in [0.4, 0.5) is 27.6 Å². The van der Waals surface area contributed by atoms with Crippen molar-refractivity contribution in [2.24, 2.45) is 0 Å². The number of hydrogen-bond acceptors (Lipinski definition) is 1. The lowest BCUT2D eigenvalue weighted by Gasteiger charge is -2.13. The van der Waals surface area contributed by atoms with Gasteiger partial charge >= 0.3 is 6.18 Å². The maximum atomic E-state index is 13.2. The van der Waals surface area contributed by atoms with Gasteiger partial charge in [0.1, 0.15) is 0 Å². The maximum absolute atomic E-state index is 13.2. The second kappa shape index (κ2) is 6.16. The minimum absolute atomic E-state index is 0.0126. The fourth-order valence-electron chi connectivity index (χ4n) is 1.90. The van der Waals surface area contributed by atoms with E-state index in [1.165, 1.54) is 19.1 Å². The van der Waals surface area contributed by atoms with Gasteiger partial charge in [0, 0.05) is 5.69 Å². The highest BCUT2D eigenvalue weighted by atomic mass is 35.5. The lowest BCUT2D eigenvalue weighted by Crippen LogP contribution is -2.15. The van der Waals surface area contributed by atoms with Crippen molar-refractivity contribution in [3.05, 3.63) is 63.7 Å². The van der Waals surface area contributed by atoms with Crippen LogP contribution in [0.1, 0.15) is 21.5 Å². The van der Waals surface area contributed by atoms with E-state index < -0.39 is 29.3 Å². The number of amides is 1. The predicted molar refractivity (Wildman–Crippen MR) is 75.5 cm³/mol. The summed E-state index contributed by atoms with van der Waals surface area (Å²) in [5.41, 5.74) is -1.46. The Morgan fingerprint density at radius 1 is 1.09 bits per heavy atom. The first-order chi connectivity index (χ1) is 10.6. The van der Waals surface area contributed by atoms with Crippen molar-refractivity contribution in [1.29, 1.82) is 0 Å². The summed E-state index contributed by atoms with van der Waals surface area (Å²) in [6.07, 6.45) is -4.58. The molecule has 0 aliphatic rings. The minimum atomic E-state index is -4.58. The molecule has 2 aromatic carbocycles. The van der Waals surface area contributed by atoms with E-state index in [2.05, 4.69) is 5.32 Å². The molecular formula is C15H9ClF5NO. The Bertz CT molecular complexity index is 773. The monoisotopic (exact) mass is 349 g/mol. The fourth-order valence-corrected chi connectivity index (χ4v) is 2.14. The molecule has 0 radical (unpaired) electrons. The minimum Gasteiger partial charge on any atom is -0.322 e. The highest BCUT2D eigenvalue weighted by molar-refractivity contribution is 6.34. The number of rotatable bonds is 2. The lowest BCUT2D eigenvalue weighted by atomic mass is 10.1. The molecule has 0 unspecified atom stereocenters. The molecule has 23 heavy (non-hydrogen) atoms. The molecule has 1 amide bonds. The SMILES string of the molecule is Cc1ccc(NC(=O)c2cc(F)c(F)cc2Cl)cc1C(F)(F)F. The highest BCUT2D eigenvalue weighted by Gasteiger charge is 2.32. The molecule has 0 spiro atoms. The van der Waals surface area contributed by atoms with Crippen molar-refractivity contribution < 1.29 is 26.7 Å². The first-order valence-corrected chi connectivity index (χ1v) is 6.61. The lowest BCUT2D eigenvalue weighted by molar-refractivity contribution is -0.138. The van der Waals surface area contributed by atoms with E-state index in [0.717, 1.165) is 6.07 Å². The summed E-state index contributed by atoms with van der Waals surface area (Å²) in [5.74, 6) is -3.48. The number of anilines is 1. The normalized spacial score (nSPS) is 11.4. The molecule has 1 N–H and O–H groups in total. The van der Waals surface area contributed by atoms with Crippen molar-refractivity contribution >= 4 is 23.2 Å². The average Bonchev–Trinajstić information content (AvgIpc) is 2.43. The number of halogens is 6. The number of nitrogens with one attached hydrogen (secondary N) is 1. The van der Waals surface area contributed by atoms with Crippen molar-refractivity contribution in [3.63, 3.8) is 0 Å². The average molecular weight is 350 g/mol. The van der Waals surface area contributed by atoms with Crippen LogP contribution in [0.5, 0.6) is 0 Å². The van der Waals surface area contributed by atoms with Crippen LogP contribution >= 0.6 is 11.6 Å². The number of aryl methyl sites for hydroxylation is 1. The third-order valence-electron chi connectivity index (χ3n) is 3.06. The predicted octanol–water partition coefficient (Wildman–Crippen LogP) is 5.20. The summed E-state index contributed by atoms with van der Waals surface area (Å²) >= 11 is 5.64. The Hall–Kier alpha value is -2.15. The molecule has 122 valence electrons. The number of carbonyl (C=O) groups is 1. The van der Waals surface area contributed by atoms with E-state index in [-0.39, 0.29) is 21.8 Å². The van der Waals surface area contributed by atoms with Gasteiger partial charge in [-0.15, -0.1) is 0 Å². The Morgan fingerprint density at radius 2 is 1.70 bits per heavy atom. The smallest absolute Gasteiger partial charge is 0.322 e. The molecular weight excluding hydrogens is 341 g/mol. The van der Waals surface area contributed by atoms with Crippen LogP contribution in [0.25, 0.3) is 0 Å². The van der Waals surface area contributed by atoms with Crippen molar-refractivity contribution in [2.75, 3.05) is 5.32 Å². The molecule has 0 aliphatic heterocycles. The molecule has 2 aromatic rings. The number of benzene rings is 2. The summed E-state index contributed by atoms with van der Waals surface area (Å²) in [6, 6.07) is 4.39. The Kier molecular flexibility index (Phi) is 4.61. The first-order valence-electron chi connectivity index (χ1n) is 6.23. The van der Waals surface area contributed by atoms with Crippen LogP contribution in [-0.4, -0.2) is 5.91 Å². The molecule has 0 heterocycles. The second-order valence-electron chi connectivity index (χ2n) is 4.73. The molecule has 0 saturated carbocycles. The third kappa shape index (κ3) is 3.79. The molecule has 0 fully saturated rings. The molecule has 0 aromatic heterocycles. The molecule has 0 atom stereocenters. The van der Waals surface area contributed by atoms with E-state index in [9.17, 15) is 26.7 Å². The van der Waals surface area contributed by atoms with Gasteiger partial charge in [0.2, 0.25) is 0 Å². The largest absolute Gasteiger partial charge is 0.416 e. The van der Waals surface area contributed by atoms with Crippen LogP contribution in [0.3, 0.4) is 0 Å². The van der Waals surface area contributed by atoms with Crippen LogP contribution in [0, 0.1) is 18.6 Å². The van der Waals surface area contributed by atoms with Gasteiger partial charge in [0.25, 0.3) is 5.91 Å². The zero-order chi connectivity index (χ0) is 17.4. The fraction of sp³-hybridized carbons (Fsp3) is 0.133. The van der Waals surface area contributed by atoms with Crippen molar-refractivity contribution in [2.45, 2.75) is 13.1 Å². The van der Waals surface area contributed by atoms with E-state index in [0.29, 0.717) is 12.1 Å². The standard InChI is InChI=1S/C15H9ClF5NO/c1-7-2-3-8(4-10(7)15(19,20)21)22-14(23)9-5-12(17)13(18)6-11(9)16/h2-6H,1H3,(H,22,23). The summed E-state index contributed by atoms with van der Waals surface area (Å²) in [6.45, 7) is 1.28. The molecule has 2 rings (SSSR count). The summed E-state index contributed by atoms with van der Waals surface area (Å²) in [4.78, 5) is 12.0. The van der Waals surface area contributed by atoms with Gasteiger partial charge < -0.3 is 5.32 Å². The molecule has 0 saturated heterocycles. The molecule has 0 bridgehead atoms. The van der Waals surface area contributed by atoms with Crippen LogP contribution in [0.15, 0.2) is 30.3 Å². The van der Waals surface area contributed by atoms with E-state index in [1.54, 1.807) is 0 Å². The topological polar surface area (TPSA) is 29.1 Å². The van der Waals surface area contributed by atoms with Gasteiger partial charge in [0.15, 0.2) is 11.6 Å².